The van der Waals surface area contributed by atoms with Crippen LogP contribution in [0.4, 0.5) is 5.69 Å². The lowest BCUT2D eigenvalue weighted by molar-refractivity contribution is -0.115. The average molecular weight is 353 g/mol. The fourth-order valence-corrected chi connectivity index (χ4v) is 2.64. The number of methoxy groups -OCH3 is 1. The van der Waals surface area contributed by atoms with Gasteiger partial charge in [0, 0.05) is 22.7 Å². The summed E-state index contributed by atoms with van der Waals surface area (Å²) in [5, 5.41) is 3.65. The summed E-state index contributed by atoms with van der Waals surface area (Å²) in [5.41, 5.74) is 2.37. The summed E-state index contributed by atoms with van der Waals surface area (Å²) in [5.74, 6) is 0.0709. The number of carbonyl (C=O) groups excluding carboxylic acids is 2. The molecule has 1 aromatic heterocycles. The maximum absolute atomic E-state index is 12.4. The van der Waals surface area contributed by atoms with Gasteiger partial charge in [-0.25, -0.2) is 4.79 Å². The number of fused-ring (bicyclic) bond motifs is 1. The minimum atomic E-state index is -0.418. The van der Waals surface area contributed by atoms with Gasteiger partial charge in [-0.3, -0.25) is 4.79 Å². The van der Waals surface area contributed by atoms with Crippen molar-refractivity contribution in [2.75, 3.05) is 19.0 Å². The van der Waals surface area contributed by atoms with Crippen molar-refractivity contribution in [1.82, 2.24) is 0 Å². The van der Waals surface area contributed by atoms with Gasteiger partial charge < -0.3 is 19.2 Å². The summed E-state index contributed by atoms with van der Waals surface area (Å²) in [6.45, 7) is 2.04. The van der Waals surface area contributed by atoms with Gasteiger partial charge in [-0.2, -0.15) is 0 Å². The van der Waals surface area contributed by atoms with Crippen LogP contribution in [-0.4, -0.2) is 25.6 Å². The van der Waals surface area contributed by atoms with Crippen molar-refractivity contribution in [3.63, 3.8) is 0 Å². The Labute approximate surface area is 150 Å². The highest BCUT2D eigenvalue weighted by molar-refractivity contribution is 5.97. The normalized spacial score (nSPS) is 10.5. The van der Waals surface area contributed by atoms with E-state index in [1.165, 1.54) is 0 Å². The molecule has 0 spiro atoms. The summed E-state index contributed by atoms with van der Waals surface area (Å²) in [6, 6.07) is 12.1. The van der Waals surface area contributed by atoms with Crippen LogP contribution in [0, 0.1) is 0 Å². The van der Waals surface area contributed by atoms with Crippen LogP contribution in [0.2, 0.25) is 0 Å². The number of ether oxygens (including phenoxy) is 2. The third-order valence-electron chi connectivity index (χ3n) is 3.87. The molecule has 6 heteroatoms. The lowest BCUT2D eigenvalue weighted by atomic mass is 10.1. The summed E-state index contributed by atoms with van der Waals surface area (Å²) in [7, 11) is 1.59. The van der Waals surface area contributed by atoms with E-state index in [2.05, 4.69) is 5.32 Å². The van der Waals surface area contributed by atoms with Crippen LogP contribution in [0.25, 0.3) is 11.0 Å². The first-order chi connectivity index (χ1) is 12.6. The molecule has 0 aliphatic rings. The van der Waals surface area contributed by atoms with Crippen LogP contribution >= 0.6 is 0 Å². The first-order valence-electron chi connectivity index (χ1n) is 8.22. The van der Waals surface area contributed by atoms with Gasteiger partial charge in [-0.15, -0.1) is 0 Å². The molecule has 0 aliphatic carbocycles. The van der Waals surface area contributed by atoms with Crippen LogP contribution in [-0.2, 0) is 16.0 Å². The first-order valence-corrected chi connectivity index (χ1v) is 8.22. The number of rotatable bonds is 6. The quantitative estimate of drug-likeness (QED) is 0.682. The zero-order valence-electron chi connectivity index (χ0n) is 14.6. The number of furan rings is 1. The topological polar surface area (TPSA) is 77.8 Å². The molecule has 3 rings (SSSR count). The highest BCUT2D eigenvalue weighted by Gasteiger charge is 2.13. The Morgan fingerprint density at radius 3 is 2.77 bits per heavy atom. The van der Waals surface area contributed by atoms with Crippen molar-refractivity contribution >= 4 is 28.5 Å². The van der Waals surface area contributed by atoms with Gasteiger partial charge in [0.15, 0.2) is 0 Å². The number of amides is 1. The molecule has 0 saturated heterocycles. The van der Waals surface area contributed by atoms with Crippen LogP contribution in [0.3, 0.4) is 0 Å². The molecule has 0 unspecified atom stereocenters. The monoisotopic (exact) mass is 353 g/mol. The maximum Gasteiger partial charge on any atom is 0.338 e. The van der Waals surface area contributed by atoms with Crippen LogP contribution < -0.4 is 10.1 Å². The van der Waals surface area contributed by atoms with E-state index in [0.717, 1.165) is 10.9 Å². The van der Waals surface area contributed by atoms with Crippen molar-refractivity contribution in [2.24, 2.45) is 0 Å². The Morgan fingerprint density at radius 2 is 2.00 bits per heavy atom. The van der Waals surface area contributed by atoms with Gasteiger partial charge in [0.05, 0.1) is 32.0 Å². The third-order valence-corrected chi connectivity index (χ3v) is 3.87. The number of hydrogen-bond acceptors (Lipinski definition) is 5. The Hall–Kier alpha value is -3.28. The number of hydrogen-bond donors (Lipinski definition) is 1. The van der Waals surface area contributed by atoms with E-state index < -0.39 is 5.97 Å². The maximum atomic E-state index is 12.4. The molecule has 0 saturated carbocycles. The number of benzene rings is 2. The van der Waals surface area contributed by atoms with E-state index in [9.17, 15) is 9.59 Å². The Balaban J connectivity index is 1.71. The molecule has 6 nitrogen and oxygen atoms in total. The van der Waals surface area contributed by atoms with E-state index in [4.69, 9.17) is 13.9 Å². The molecule has 0 fully saturated rings. The SMILES string of the molecule is CCOC(=O)c1cccc(NC(=O)Cc2coc3cc(OC)ccc23)c1. The van der Waals surface area contributed by atoms with Crippen molar-refractivity contribution in [2.45, 2.75) is 13.3 Å². The zero-order valence-corrected chi connectivity index (χ0v) is 14.6. The first kappa shape index (κ1) is 17.5. The summed E-state index contributed by atoms with van der Waals surface area (Å²) < 4.78 is 15.6. The molecule has 1 amide bonds. The molecule has 0 bridgehead atoms. The Bertz CT molecular complexity index is 944. The summed E-state index contributed by atoms with van der Waals surface area (Å²) in [4.78, 5) is 24.1. The van der Waals surface area contributed by atoms with Crippen molar-refractivity contribution in [3.05, 3.63) is 59.9 Å². The van der Waals surface area contributed by atoms with E-state index in [1.807, 2.05) is 12.1 Å². The molecule has 134 valence electrons. The molecule has 2 aromatic carbocycles. The van der Waals surface area contributed by atoms with Gasteiger partial charge in [0.2, 0.25) is 5.91 Å². The van der Waals surface area contributed by atoms with Crippen LogP contribution in [0.5, 0.6) is 5.75 Å². The molecule has 0 aliphatic heterocycles. The van der Waals surface area contributed by atoms with Crippen molar-refractivity contribution < 1.29 is 23.5 Å². The van der Waals surface area contributed by atoms with Crippen molar-refractivity contribution in [1.29, 1.82) is 0 Å². The highest BCUT2D eigenvalue weighted by Crippen LogP contribution is 2.26. The number of anilines is 1. The fraction of sp³-hybridized carbons (Fsp3) is 0.200. The predicted octanol–water partition coefficient (Wildman–Crippen LogP) is 3.80. The molecule has 0 atom stereocenters. The second-order valence-electron chi connectivity index (χ2n) is 5.65. The van der Waals surface area contributed by atoms with Gasteiger partial charge in [-0.1, -0.05) is 6.07 Å². The fourth-order valence-electron chi connectivity index (χ4n) is 2.64. The zero-order chi connectivity index (χ0) is 18.5. The molecule has 1 heterocycles. The summed E-state index contributed by atoms with van der Waals surface area (Å²) >= 11 is 0. The van der Waals surface area contributed by atoms with Gasteiger partial charge in [0.25, 0.3) is 0 Å². The molecule has 3 aromatic rings. The van der Waals surface area contributed by atoms with Crippen LogP contribution in [0.1, 0.15) is 22.8 Å². The lowest BCUT2D eigenvalue weighted by Gasteiger charge is -2.07. The average Bonchev–Trinajstić information content (AvgIpc) is 3.04. The number of carbonyl (C=O) groups is 2. The Kier molecular flexibility index (Phi) is 5.22. The van der Waals surface area contributed by atoms with Gasteiger partial charge >= 0.3 is 5.97 Å². The predicted molar refractivity (Wildman–Crippen MR) is 97.5 cm³/mol. The second-order valence-corrected chi connectivity index (χ2v) is 5.65. The van der Waals surface area contributed by atoms with Gasteiger partial charge in [0.1, 0.15) is 11.3 Å². The second kappa shape index (κ2) is 7.74. The third kappa shape index (κ3) is 3.85. The van der Waals surface area contributed by atoms with E-state index in [1.54, 1.807) is 50.6 Å². The smallest absolute Gasteiger partial charge is 0.338 e. The molecule has 0 radical (unpaired) electrons. The van der Waals surface area contributed by atoms with Crippen molar-refractivity contribution in [3.8, 4) is 5.75 Å². The van der Waals surface area contributed by atoms with E-state index in [-0.39, 0.29) is 12.3 Å². The Morgan fingerprint density at radius 1 is 1.15 bits per heavy atom. The lowest BCUT2D eigenvalue weighted by Crippen LogP contribution is -2.14. The van der Waals surface area contributed by atoms with Crippen LogP contribution in [0.15, 0.2) is 53.1 Å². The summed E-state index contributed by atoms with van der Waals surface area (Å²) in [6.07, 6.45) is 1.72. The van der Waals surface area contributed by atoms with Gasteiger partial charge in [-0.05, 0) is 37.3 Å². The minimum Gasteiger partial charge on any atom is -0.497 e. The highest BCUT2D eigenvalue weighted by atomic mass is 16.5. The number of esters is 1. The molecule has 1 N–H and O–H groups in total. The minimum absolute atomic E-state index is 0.156. The molecular formula is C20H19NO5. The standard InChI is InChI=1S/C20H19NO5/c1-3-25-20(23)13-5-4-6-15(9-13)21-19(22)10-14-12-26-18-11-16(24-2)7-8-17(14)18/h4-9,11-12H,3,10H2,1-2H3,(H,21,22). The number of nitrogens with one attached hydrogen (secondary N) is 1. The van der Waals surface area contributed by atoms with E-state index >= 15 is 0 Å². The molecular weight excluding hydrogens is 334 g/mol. The van der Waals surface area contributed by atoms with E-state index in [0.29, 0.717) is 29.2 Å². The molecule has 26 heavy (non-hydrogen) atoms. The largest absolute Gasteiger partial charge is 0.497 e.